The molecule has 3 aromatic heterocycles. The van der Waals surface area contributed by atoms with Crippen molar-refractivity contribution in [2.75, 3.05) is 4.90 Å². The summed E-state index contributed by atoms with van der Waals surface area (Å²) in [7, 11) is 0. The highest BCUT2D eigenvalue weighted by atomic mass is 32.1. The number of fused-ring (bicyclic) bond motifs is 10. The Bertz CT molecular complexity index is 3490. The molecule has 0 atom stereocenters. The molecule has 262 valence electrons. The maximum atomic E-state index is 2.43. The van der Waals surface area contributed by atoms with E-state index in [2.05, 4.69) is 204 Å². The number of rotatable bonds is 5. The molecule has 0 saturated carbocycles. The third kappa shape index (κ3) is 4.93. The predicted molar refractivity (Wildman–Crippen MR) is 244 cm³/mol. The monoisotopic (exact) mass is 748 g/mol. The molecular formula is C52H32N2S2. The smallest absolute Gasteiger partial charge is 0.0541 e. The SMILES string of the molecule is c1ccc2cc(N(c3ccc(-c4ccc5c(c4)c4ccccc4n5-c4ccc5c(c4)sc4ccccc45)cc3)c3ccc4c(c3)sc3ccccc34)ccc2c1. The van der Waals surface area contributed by atoms with E-state index < -0.39 is 0 Å². The van der Waals surface area contributed by atoms with Crippen LogP contribution >= 0.6 is 22.7 Å². The van der Waals surface area contributed by atoms with E-state index in [0.29, 0.717) is 0 Å². The van der Waals surface area contributed by atoms with Crippen molar-refractivity contribution in [3.8, 4) is 16.8 Å². The third-order valence-electron chi connectivity index (χ3n) is 11.4. The fourth-order valence-electron chi connectivity index (χ4n) is 8.70. The summed E-state index contributed by atoms with van der Waals surface area (Å²) >= 11 is 3.73. The largest absolute Gasteiger partial charge is 0.310 e. The normalized spacial score (nSPS) is 11.9. The maximum absolute atomic E-state index is 2.43. The van der Waals surface area contributed by atoms with Gasteiger partial charge in [0.1, 0.15) is 0 Å². The lowest BCUT2D eigenvalue weighted by Crippen LogP contribution is -2.09. The summed E-state index contributed by atoms with van der Waals surface area (Å²) in [5.41, 5.74) is 9.43. The molecule has 9 aromatic carbocycles. The molecule has 0 spiro atoms. The van der Waals surface area contributed by atoms with Crippen LogP contribution in [0.1, 0.15) is 0 Å². The van der Waals surface area contributed by atoms with Gasteiger partial charge in [0.2, 0.25) is 0 Å². The highest BCUT2D eigenvalue weighted by Crippen LogP contribution is 2.43. The maximum Gasteiger partial charge on any atom is 0.0541 e. The van der Waals surface area contributed by atoms with Crippen molar-refractivity contribution in [1.82, 2.24) is 4.57 Å². The molecule has 0 bridgehead atoms. The number of hydrogen-bond acceptors (Lipinski definition) is 3. The number of para-hydroxylation sites is 1. The van der Waals surface area contributed by atoms with E-state index in [9.17, 15) is 0 Å². The van der Waals surface area contributed by atoms with Gasteiger partial charge in [0.05, 0.1) is 11.0 Å². The lowest BCUT2D eigenvalue weighted by Gasteiger charge is -2.26. The molecule has 0 saturated heterocycles. The molecule has 0 amide bonds. The molecule has 0 unspecified atom stereocenters. The number of nitrogens with zero attached hydrogens (tertiary/aromatic N) is 2. The Hall–Kier alpha value is -6.72. The van der Waals surface area contributed by atoms with Gasteiger partial charge in [-0.05, 0) is 101 Å². The Balaban J connectivity index is 0.964. The molecule has 12 rings (SSSR count). The zero-order valence-corrected chi connectivity index (χ0v) is 31.8. The minimum absolute atomic E-state index is 1.12. The van der Waals surface area contributed by atoms with Crippen molar-refractivity contribution in [2.24, 2.45) is 0 Å². The van der Waals surface area contributed by atoms with Gasteiger partial charge in [-0.1, -0.05) is 115 Å². The number of anilines is 3. The van der Waals surface area contributed by atoms with E-state index in [4.69, 9.17) is 0 Å². The van der Waals surface area contributed by atoms with Crippen molar-refractivity contribution in [3.05, 3.63) is 194 Å². The highest BCUT2D eigenvalue weighted by molar-refractivity contribution is 7.26. The molecule has 0 aliphatic rings. The van der Waals surface area contributed by atoms with Crippen molar-refractivity contribution < 1.29 is 0 Å². The van der Waals surface area contributed by atoms with Crippen LogP contribution in [0, 0.1) is 0 Å². The lowest BCUT2D eigenvalue weighted by molar-refractivity contribution is 1.19. The van der Waals surface area contributed by atoms with Crippen LogP contribution in [0.5, 0.6) is 0 Å². The Morgan fingerprint density at radius 3 is 1.66 bits per heavy atom. The van der Waals surface area contributed by atoms with Crippen LogP contribution in [0.2, 0.25) is 0 Å². The highest BCUT2D eigenvalue weighted by Gasteiger charge is 2.18. The predicted octanol–water partition coefficient (Wildman–Crippen LogP) is 15.8. The van der Waals surface area contributed by atoms with Crippen LogP contribution in [-0.4, -0.2) is 4.57 Å². The molecule has 0 fully saturated rings. The van der Waals surface area contributed by atoms with Gasteiger partial charge in [-0.25, -0.2) is 0 Å². The summed E-state index contributed by atoms with van der Waals surface area (Å²) in [6.07, 6.45) is 0. The van der Waals surface area contributed by atoms with Crippen molar-refractivity contribution in [1.29, 1.82) is 0 Å². The number of benzene rings is 9. The number of hydrogen-bond donors (Lipinski definition) is 0. The van der Waals surface area contributed by atoms with Crippen molar-refractivity contribution >= 4 is 113 Å². The first-order chi connectivity index (χ1) is 27.7. The first kappa shape index (κ1) is 31.6. The molecule has 0 N–H and O–H groups in total. The summed E-state index contributed by atoms with van der Waals surface area (Å²) < 4.78 is 7.68. The van der Waals surface area contributed by atoms with Crippen LogP contribution in [0.25, 0.3) is 89.7 Å². The Morgan fingerprint density at radius 1 is 0.321 bits per heavy atom. The second kappa shape index (κ2) is 12.4. The van der Waals surface area contributed by atoms with Crippen LogP contribution in [0.4, 0.5) is 17.1 Å². The fourth-order valence-corrected chi connectivity index (χ4v) is 11.0. The average molecular weight is 749 g/mol. The first-order valence-corrected chi connectivity index (χ1v) is 20.6. The molecule has 0 aliphatic carbocycles. The van der Waals surface area contributed by atoms with Crippen molar-refractivity contribution in [3.63, 3.8) is 0 Å². The average Bonchev–Trinajstić information content (AvgIpc) is 3.92. The van der Waals surface area contributed by atoms with Crippen molar-refractivity contribution in [2.45, 2.75) is 0 Å². The minimum atomic E-state index is 1.12. The molecule has 0 radical (unpaired) electrons. The van der Waals surface area contributed by atoms with Gasteiger partial charge in [0, 0.05) is 73.9 Å². The summed E-state index contributed by atoms with van der Waals surface area (Å²) in [6.45, 7) is 0. The van der Waals surface area contributed by atoms with Crippen LogP contribution in [0.3, 0.4) is 0 Å². The van der Waals surface area contributed by atoms with Crippen LogP contribution in [0.15, 0.2) is 194 Å². The molecule has 12 aromatic rings. The van der Waals surface area contributed by atoms with E-state index in [1.165, 1.54) is 89.7 Å². The Kier molecular flexibility index (Phi) is 7.00. The molecule has 0 aliphatic heterocycles. The summed E-state index contributed by atoms with van der Waals surface area (Å²) in [6, 6.07) is 71.5. The van der Waals surface area contributed by atoms with Gasteiger partial charge in [0.25, 0.3) is 0 Å². The first-order valence-electron chi connectivity index (χ1n) is 19.0. The number of aromatic nitrogens is 1. The van der Waals surface area contributed by atoms with Gasteiger partial charge in [-0.2, -0.15) is 0 Å². The third-order valence-corrected chi connectivity index (χ3v) is 13.6. The minimum Gasteiger partial charge on any atom is -0.310 e. The van der Waals surface area contributed by atoms with Gasteiger partial charge in [-0.15, -0.1) is 22.7 Å². The summed E-state index contributed by atoms with van der Waals surface area (Å²) in [4.78, 5) is 2.39. The second-order valence-electron chi connectivity index (χ2n) is 14.6. The molecule has 4 heteroatoms. The summed E-state index contributed by atoms with van der Waals surface area (Å²) in [5.74, 6) is 0. The standard InChI is InChI=1S/C52H32N2S2/c1-2-10-35-29-38(23-19-33(35)9-1)53(39-24-26-44-42-12-4-7-15-49(42)55-51(44)31-39)37-21-17-34(18-22-37)36-20-28-48-46(30-36)41-11-3-6-14-47(41)54(48)40-25-27-45-43-13-5-8-16-50(43)56-52(45)32-40/h1-32H. The van der Waals surface area contributed by atoms with Gasteiger partial charge in [0.15, 0.2) is 0 Å². The van der Waals surface area contributed by atoms with Crippen LogP contribution < -0.4 is 4.90 Å². The zero-order chi connectivity index (χ0) is 36.7. The zero-order valence-electron chi connectivity index (χ0n) is 30.2. The molecule has 3 heterocycles. The topological polar surface area (TPSA) is 8.17 Å². The van der Waals surface area contributed by atoms with E-state index in [1.54, 1.807) is 0 Å². The molecule has 56 heavy (non-hydrogen) atoms. The van der Waals surface area contributed by atoms with Crippen LogP contribution in [-0.2, 0) is 0 Å². The van der Waals surface area contributed by atoms with Gasteiger partial charge in [-0.3, -0.25) is 0 Å². The molecule has 2 nitrogen and oxygen atoms in total. The lowest BCUT2D eigenvalue weighted by atomic mass is 10.0. The van der Waals surface area contributed by atoms with E-state index in [0.717, 1.165) is 17.1 Å². The van der Waals surface area contributed by atoms with E-state index in [1.807, 2.05) is 22.7 Å². The van der Waals surface area contributed by atoms with Gasteiger partial charge < -0.3 is 9.47 Å². The van der Waals surface area contributed by atoms with Gasteiger partial charge >= 0.3 is 0 Å². The second-order valence-corrected chi connectivity index (χ2v) is 16.7. The van der Waals surface area contributed by atoms with E-state index in [-0.39, 0.29) is 0 Å². The number of thiophene rings is 2. The Morgan fingerprint density at radius 2 is 0.875 bits per heavy atom. The summed E-state index contributed by atoms with van der Waals surface area (Å²) in [5, 5.41) is 10.3. The quantitative estimate of drug-likeness (QED) is 0.170. The van der Waals surface area contributed by atoms with E-state index >= 15 is 0 Å². The fraction of sp³-hybridized carbons (Fsp3) is 0. The Labute approximate surface area is 331 Å². The molecular weight excluding hydrogens is 717 g/mol.